The highest BCUT2D eigenvalue weighted by Crippen LogP contribution is 2.16. The van der Waals surface area contributed by atoms with Crippen LogP contribution in [0.3, 0.4) is 0 Å². The van der Waals surface area contributed by atoms with Crippen molar-refractivity contribution in [3.63, 3.8) is 0 Å². The molecule has 7 nitrogen and oxygen atoms in total. The molecule has 0 radical (unpaired) electrons. The number of amides is 3. The molecule has 3 amide bonds. The summed E-state index contributed by atoms with van der Waals surface area (Å²) in [6, 6.07) is 6.88. The van der Waals surface area contributed by atoms with Gasteiger partial charge in [0.25, 0.3) is 0 Å². The van der Waals surface area contributed by atoms with Gasteiger partial charge in [-0.25, -0.2) is 0 Å². The monoisotopic (exact) mass is 374 g/mol. The molecule has 0 bridgehead atoms. The van der Waals surface area contributed by atoms with E-state index < -0.39 is 0 Å². The van der Waals surface area contributed by atoms with Gasteiger partial charge in [-0.05, 0) is 56.5 Å². The molecule has 148 valence electrons. The average Bonchev–Trinajstić information content (AvgIpc) is 2.61. The van der Waals surface area contributed by atoms with E-state index in [4.69, 9.17) is 0 Å². The van der Waals surface area contributed by atoms with Crippen LogP contribution in [0.2, 0.25) is 0 Å². The summed E-state index contributed by atoms with van der Waals surface area (Å²) in [7, 11) is 0. The van der Waals surface area contributed by atoms with Crippen LogP contribution in [-0.4, -0.2) is 60.2 Å². The van der Waals surface area contributed by atoms with Gasteiger partial charge < -0.3 is 15.5 Å². The lowest BCUT2D eigenvalue weighted by Gasteiger charge is -2.32. The number of nitrogens with zero attached hydrogens (tertiary/aromatic N) is 2. The molecule has 1 aliphatic rings. The summed E-state index contributed by atoms with van der Waals surface area (Å²) in [5, 5.41) is 5.47. The molecule has 1 aliphatic heterocycles. The fourth-order valence-electron chi connectivity index (χ4n) is 3.31. The molecule has 0 aromatic heterocycles. The molecule has 0 spiro atoms. The third-order valence-electron chi connectivity index (χ3n) is 4.66. The highest BCUT2D eigenvalue weighted by atomic mass is 16.2. The molecular weight excluding hydrogens is 344 g/mol. The predicted octanol–water partition coefficient (Wildman–Crippen LogP) is 2.16. The number of anilines is 2. The second kappa shape index (κ2) is 10.1. The number of hydrogen-bond donors (Lipinski definition) is 2. The molecule has 27 heavy (non-hydrogen) atoms. The summed E-state index contributed by atoms with van der Waals surface area (Å²) in [5.41, 5.74) is 1.30. The maximum absolute atomic E-state index is 12.5. The van der Waals surface area contributed by atoms with Crippen molar-refractivity contribution < 1.29 is 14.4 Å². The first-order valence-electron chi connectivity index (χ1n) is 9.55. The van der Waals surface area contributed by atoms with E-state index in [2.05, 4.69) is 22.5 Å². The number of nitrogens with one attached hydrogen (secondary N) is 2. The lowest BCUT2D eigenvalue weighted by molar-refractivity contribution is -0.135. The lowest BCUT2D eigenvalue weighted by Crippen LogP contribution is -2.46. The standard InChI is InChI=1S/C20H30N4O3/c1-4-24(20(27)14-23-11-5-6-15(2)12-23)13-19(26)22-18-9-7-17(8-10-18)21-16(3)25/h7-10,15H,4-6,11-14H2,1-3H3,(H,21,25)(H,22,26)/t15-/m1/s1. The number of carbonyl (C=O) groups excluding carboxylic acids is 3. The van der Waals surface area contributed by atoms with E-state index in [1.54, 1.807) is 29.2 Å². The van der Waals surface area contributed by atoms with E-state index in [1.807, 2.05) is 6.92 Å². The summed E-state index contributed by atoms with van der Waals surface area (Å²) in [4.78, 5) is 39.6. The van der Waals surface area contributed by atoms with E-state index >= 15 is 0 Å². The van der Waals surface area contributed by atoms with Crippen LogP contribution >= 0.6 is 0 Å². The maximum Gasteiger partial charge on any atom is 0.243 e. The van der Waals surface area contributed by atoms with Crippen LogP contribution in [0, 0.1) is 5.92 Å². The molecule has 1 aromatic carbocycles. The number of likely N-dealkylation sites (N-methyl/N-ethyl adjacent to an activating group) is 1. The highest BCUT2D eigenvalue weighted by molar-refractivity contribution is 5.95. The molecule has 1 saturated heterocycles. The van der Waals surface area contributed by atoms with E-state index in [1.165, 1.54) is 13.3 Å². The third kappa shape index (κ3) is 7.02. The Morgan fingerprint density at radius 2 is 1.78 bits per heavy atom. The van der Waals surface area contributed by atoms with Gasteiger partial charge in [-0.2, -0.15) is 0 Å². The van der Waals surface area contributed by atoms with Crippen molar-refractivity contribution in [3.05, 3.63) is 24.3 Å². The van der Waals surface area contributed by atoms with Gasteiger partial charge in [0.1, 0.15) is 0 Å². The Morgan fingerprint density at radius 1 is 1.15 bits per heavy atom. The van der Waals surface area contributed by atoms with Crippen LogP contribution in [0.15, 0.2) is 24.3 Å². The van der Waals surface area contributed by atoms with E-state index in [0.29, 0.717) is 30.4 Å². The van der Waals surface area contributed by atoms with Gasteiger partial charge in [-0.15, -0.1) is 0 Å². The Labute approximate surface area is 161 Å². The summed E-state index contributed by atoms with van der Waals surface area (Å²) in [6.07, 6.45) is 2.33. The van der Waals surface area contributed by atoms with E-state index in [0.717, 1.165) is 19.5 Å². The highest BCUT2D eigenvalue weighted by Gasteiger charge is 2.22. The number of rotatable bonds is 7. The molecule has 1 aromatic rings. The number of carbonyl (C=O) groups is 3. The first kappa shape index (κ1) is 20.9. The first-order valence-corrected chi connectivity index (χ1v) is 9.55. The van der Waals surface area contributed by atoms with Crippen molar-refractivity contribution in [1.82, 2.24) is 9.80 Å². The zero-order valence-corrected chi connectivity index (χ0v) is 16.5. The zero-order valence-electron chi connectivity index (χ0n) is 16.5. The van der Waals surface area contributed by atoms with Gasteiger partial charge in [-0.1, -0.05) is 6.92 Å². The van der Waals surface area contributed by atoms with Crippen LogP contribution < -0.4 is 10.6 Å². The van der Waals surface area contributed by atoms with Crippen LogP contribution in [0.4, 0.5) is 11.4 Å². The second-order valence-corrected chi connectivity index (χ2v) is 7.20. The fourth-order valence-corrected chi connectivity index (χ4v) is 3.31. The molecule has 1 heterocycles. The number of benzene rings is 1. The Morgan fingerprint density at radius 3 is 2.33 bits per heavy atom. The van der Waals surface area contributed by atoms with Crippen molar-refractivity contribution >= 4 is 29.1 Å². The molecule has 0 unspecified atom stereocenters. The van der Waals surface area contributed by atoms with Crippen LogP contribution in [-0.2, 0) is 14.4 Å². The van der Waals surface area contributed by atoms with E-state index in [9.17, 15) is 14.4 Å². The maximum atomic E-state index is 12.5. The third-order valence-corrected chi connectivity index (χ3v) is 4.66. The van der Waals surface area contributed by atoms with Gasteiger partial charge >= 0.3 is 0 Å². The molecular formula is C20H30N4O3. The van der Waals surface area contributed by atoms with Crippen LogP contribution in [0.1, 0.15) is 33.6 Å². The smallest absolute Gasteiger partial charge is 0.243 e. The van der Waals surface area contributed by atoms with Crippen molar-refractivity contribution in [2.45, 2.75) is 33.6 Å². The SMILES string of the molecule is CCN(CC(=O)Nc1ccc(NC(C)=O)cc1)C(=O)CN1CCC[C@@H](C)C1. The molecule has 0 saturated carbocycles. The minimum atomic E-state index is -0.232. The van der Waals surface area contributed by atoms with Crippen LogP contribution in [0.5, 0.6) is 0 Å². The van der Waals surface area contributed by atoms with Gasteiger partial charge in [0.2, 0.25) is 17.7 Å². The minimum Gasteiger partial charge on any atom is -0.333 e. The van der Waals surface area contributed by atoms with E-state index in [-0.39, 0.29) is 24.3 Å². The minimum absolute atomic E-state index is 0.0113. The fraction of sp³-hybridized carbons (Fsp3) is 0.550. The van der Waals surface area contributed by atoms with Crippen molar-refractivity contribution in [2.24, 2.45) is 5.92 Å². The number of piperidine rings is 1. The molecule has 7 heteroatoms. The molecule has 1 fully saturated rings. The number of hydrogen-bond acceptors (Lipinski definition) is 4. The van der Waals surface area contributed by atoms with Gasteiger partial charge in [-0.3, -0.25) is 19.3 Å². The van der Waals surface area contributed by atoms with Crippen LogP contribution in [0.25, 0.3) is 0 Å². The van der Waals surface area contributed by atoms with Crippen molar-refractivity contribution in [1.29, 1.82) is 0 Å². The largest absolute Gasteiger partial charge is 0.333 e. The Balaban J connectivity index is 1.84. The molecule has 2 N–H and O–H groups in total. The summed E-state index contributed by atoms with van der Waals surface area (Å²) < 4.78 is 0. The molecule has 2 rings (SSSR count). The first-order chi connectivity index (χ1) is 12.9. The van der Waals surface area contributed by atoms with Gasteiger partial charge in [0, 0.05) is 31.4 Å². The zero-order chi connectivity index (χ0) is 19.8. The number of likely N-dealkylation sites (tertiary alicyclic amines) is 1. The summed E-state index contributed by atoms with van der Waals surface area (Å²) in [5.74, 6) is 0.226. The lowest BCUT2D eigenvalue weighted by atomic mass is 10.0. The van der Waals surface area contributed by atoms with Crippen molar-refractivity contribution in [3.8, 4) is 0 Å². The van der Waals surface area contributed by atoms with Gasteiger partial charge in [0.15, 0.2) is 0 Å². The van der Waals surface area contributed by atoms with Crippen molar-refractivity contribution in [2.75, 3.05) is 43.4 Å². The Bertz CT molecular complexity index is 660. The molecule has 1 atom stereocenters. The second-order valence-electron chi connectivity index (χ2n) is 7.20. The Kier molecular flexibility index (Phi) is 7.79. The average molecular weight is 374 g/mol. The van der Waals surface area contributed by atoms with Gasteiger partial charge in [0.05, 0.1) is 13.1 Å². The molecule has 0 aliphatic carbocycles. The summed E-state index contributed by atoms with van der Waals surface area (Å²) >= 11 is 0. The quantitative estimate of drug-likeness (QED) is 0.766. The normalized spacial score (nSPS) is 17.2. The topological polar surface area (TPSA) is 81.8 Å². The Hall–Kier alpha value is -2.41. The summed E-state index contributed by atoms with van der Waals surface area (Å²) in [6.45, 7) is 8.32. The predicted molar refractivity (Wildman–Crippen MR) is 106 cm³/mol.